The number of anilines is 1. The monoisotopic (exact) mass is 419 g/mol. The number of benzene rings is 2. The smallest absolute Gasteiger partial charge is 0.269 e. The van der Waals surface area contributed by atoms with Gasteiger partial charge in [-0.3, -0.25) is 10.1 Å². The zero-order valence-electron chi connectivity index (χ0n) is 16.9. The molecule has 0 amide bonds. The van der Waals surface area contributed by atoms with Crippen LogP contribution in [0.15, 0.2) is 67.0 Å². The average Bonchev–Trinajstić information content (AvgIpc) is 2.70. The van der Waals surface area contributed by atoms with E-state index in [9.17, 15) is 15.2 Å². The van der Waals surface area contributed by atoms with Gasteiger partial charge in [-0.15, -0.1) is 0 Å². The summed E-state index contributed by atoms with van der Waals surface area (Å²) < 4.78 is 1.68. The average molecular weight is 420 g/mol. The Balaban J connectivity index is 2.09. The predicted octanol–water partition coefficient (Wildman–Crippen LogP) is 3.93. The highest BCUT2D eigenvalue weighted by Crippen LogP contribution is 2.22. The van der Waals surface area contributed by atoms with Gasteiger partial charge in [-0.25, -0.2) is 0 Å². The van der Waals surface area contributed by atoms with Gasteiger partial charge in [0.1, 0.15) is 0 Å². The quantitative estimate of drug-likeness (QED) is 0.169. The molecule has 1 heterocycles. The second-order valence-electron chi connectivity index (χ2n) is 7.04. The number of nitrogens with zero attached hydrogens (tertiary/aromatic N) is 2. The first-order chi connectivity index (χ1) is 14.3. The van der Waals surface area contributed by atoms with Crippen molar-refractivity contribution >= 4 is 40.0 Å². The van der Waals surface area contributed by atoms with E-state index in [1.165, 1.54) is 24.3 Å². The van der Waals surface area contributed by atoms with Crippen molar-refractivity contribution in [2.24, 2.45) is 0 Å². The molecule has 0 aliphatic heterocycles. The number of aryl methyl sites for hydroxylation is 3. The van der Waals surface area contributed by atoms with E-state index in [4.69, 9.17) is 12.2 Å². The Morgan fingerprint density at radius 1 is 1.03 bits per heavy atom. The van der Waals surface area contributed by atoms with Gasteiger partial charge in [0.25, 0.3) is 5.69 Å². The highest BCUT2D eigenvalue weighted by atomic mass is 32.1. The summed E-state index contributed by atoms with van der Waals surface area (Å²) in [6.45, 7) is 5.90. The number of non-ortho nitro benzene ring substituents is 1. The molecule has 0 unspecified atom stereocenters. The standard InChI is InChI=1S/C23H21N3O3S/c1-15-6-11-20(17(3)13-15)24-23(30)21(25-12-4-5-16(2)14-25)22(27)18-7-9-19(10-8-18)26(28)29/h4-14H,1-3H3,(H-,24,27,30). The molecule has 1 N–H and O–H groups in total. The number of nitro benzene ring substituents is 1. The van der Waals surface area contributed by atoms with Crippen LogP contribution in [0.25, 0.3) is 11.5 Å². The molecule has 3 aromatic rings. The second kappa shape index (κ2) is 8.84. The summed E-state index contributed by atoms with van der Waals surface area (Å²) in [6.07, 6.45) is 3.57. The van der Waals surface area contributed by atoms with E-state index < -0.39 is 4.92 Å². The molecule has 0 aliphatic carbocycles. The maximum Gasteiger partial charge on any atom is 0.269 e. The van der Waals surface area contributed by atoms with Crippen molar-refractivity contribution < 1.29 is 14.6 Å². The van der Waals surface area contributed by atoms with Crippen molar-refractivity contribution in [3.63, 3.8) is 0 Å². The normalized spacial score (nSPS) is 11.6. The molecule has 0 spiro atoms. The number of aromatic nitrogens is 1. The number of hydrogen-bond donors (Lipinski definition) is 1. The lowest BCUT2D eigenvalue weighted by Gasteiger charge is -2.18. The summed E-state index contributed by atoms with van der Waals surface area (Å²) in [5, 5.41) is 27.5. The lowest BCUT2D eigenvalue weighted by molar-refractivity contribution is -0.578. The van der Waals surface area contributed by atoms with E-state index in [1.807, 2.05) is 57.3 Å². The van der Waals surface area contributed by atoms with E-state index in [2.05, 4.69) is 5.32 Å². The number of thiocarbonyl (C=S) groups is 1. The van der Waals surface area contributed by atoms with Crippen molar-refractivity contribution in [3.05, 3.63) is 99.4 Å². The van der Waals surface area contributed by atoms with Gasteiger partial charge in [0.2, 0.25) is 5.70 Å². The second-order valence-corrected chi connectivity index (χ2v) is 7.45. The molecule has 0 saturated carbocycles. The van der Waals surface area contributed by atoms with E-state index in [0.717, 1.165) is 22.4 Å². The van der Waals surface area contributed by atoms with Crippen LogP contribution in [0.2, 0.25) is 0 Å². The first kappa shape index (κ1) is 21.1. The van der Waals surface area contributed by atoms with Crippen molar-refractivity contribution in [2.75, 3.05) is 5.32 Å². The van der Waals surface area contributed by atoms with Gasteiger partial charge in [0.15, 0.2) is 17.4 Å². The Hall–Kier alpha value is -3.58. The lowest BCUT2D eigenvalue weighted by Crippen LogP contribution is -2.40. The lowest BCUT2D eigenvalue weighted by atomic mass is 10.1. The zero-order valence-corrected chi connectivity index (χ0v) is 17.7. The molecule has 152 valence electrons. The van der Waals surface area contributed by atoms with Crippen molar-refractivity contribution in [1.29, 1.82) is 0 Å². The van der Waals surface area contributed by atoms with E-state index in [1.54, 1.807) is 10.8 Å². The van der Waals surface area contributed by atoms with Gasteiger partial charge in [-0.2, -0.15) is 4.57 Å². The van der Waals surface area contributed by atoms with Crippen LogP contribution in [0, 0.1) is 30.9 Å². The van der Waals surface area contributed by atoms with Crippen molar-refractivity contribution in [3.8, 4) is 0 Å². The summed E-state index contributed by atoms with van der Waals surface area (Å²) >= 11 is 5.62. The largest absolute Gasteiger partial charge is 0.867 e. The molecule has 1 aromatic heterocycles. The fourth-order valence-corrected chi connectivity index (χ4v) is 3.38. The minimum Gasteiger partial charge on any atom is -0.867 e. The molecule has 0 atom stereocenters. The number of hydrogen-bond acceptors (Lipinski definition) is 4. The maximum atomic E-state index is 13.4. The van der Waals surface area contributed by atoms with Gasteiger partial charge < -0.3 is 10.4 Å². The third-order valence-electron chi connectivity index (χ3n) is 4.61. The van der Waals surface area contributed by atoms with Crippen molar-refractivity contribution in [1.82, 2.24) is 0 Å². The number of pyridine rings is 1. The molecule has 3 rings (SSSR count). The molecule has 0 radical (unpaired) electrons. The molecule has 7 heteroatoms. The van der Waals surface area contributed by atoms with Gasteiger partial charge in [0, 0.05) is 29.4 Å². The Morgan fingerprint density at radius 2 is 1.73 bits per heavy atom. The fraction of sp³-hybridized carbons (Fsp3) is 0.130. The number of nitro groups is 1. The van der Waals surface area contributed by atoms with Gasteiger partial charge >= 0.3 is 0 Å². The summed E-state index contributed by atoms with van der Waals surface area (Å²) in [6, 6.07) is 15.2. The van der Waals surface area contributed by atoms with Gasteiger partial charge in [-0.1, -0.05) is 29.9 Å². The molecule has 0 fully saturated rings. The van der Waals surface area contributed by atoms with Crippen LogP contribution in [0.1, 0.15) is 22.3 Å². The van der Waals surface area contributed by atoms with Crippen LogP contribution in [0.4, 0.5) is 11.4 Å². The third kappa shape index (κ3) is 4.69. The molecule has 30 heavy (non-hydrogen) atoms. The molecular formula is C23H21N3O3S. The molecular weight excluding hydrogens is 398 g/mol. The minimum atomic E-state index is -0.499. The van der Waals surface area contributed by atoms with E-state index in [-0.39, 0.29) is 22.1 Å². The Kier molecular flexibility index (Phi) is 6.23. The number of nitrogens with one attached hydrogen (secondary N) is 1. The number of rotatable bonds is 5. The summed E-state index contributed by atoms with van der Waals surface area (Å²) in [4.78, 5) is 10.7. The Bertz CT molecular complexity index is 1150. The molecule has 0 bridgehead atoms. The van der Waals surface area contributed by atoms with Crippen LogP contribution in [0.3, 0.4) is 0 Å². The Labute approximate surface area is 180 Å². The summed E-state index contributed by atoms with van der Waals surface area (Å²) in [7, 11) is 0. The van der Waals surface area contributed by atoms with E-state index >= 15 is 0 Å². The molecule has 0 aliphatic rings. The minimum absolute atomic E-state index is 0.0766. The topological polar surface area (TPSA) is 82.1 Å². The molecule has 6 nitrogen and oxygen atoms in total. The van der Waals surface area contributed by atoms with Crippen LogP contribution >= 0.6 is 12.2 Å². The van der Waals surface area contributed by atoms with Crippen molar-refractivity contribution in [2.45, 2.75) is 20.8 Å². The zero-order chi connectivity index (χ0) is 21.8. The highest BCUT2D eigenvalue weighted by molar-refractivity contribution is 7.81. The first-order valence-corrected chi connectivity index (χ1v) is 9.70. The summed E-state index contributed by atoms with van der Waals surface area (Å²) in [5.41, 5.74) is 4.41. The maximum absolute atomic E-state index is 13.4. The predicted molar refractivity (Wildman–Crippen MR) is 120 cm³/mol. The summed E-state index contributed by atoms with van der Waals surface area (Å²) in [5.74, 6) is -0.331. The fourth-order valence-electron chi connectivity index (χ4n) is 3.08. The van der Waals surface area contributed by atoms with Crippen LogP contribution in [0.5, 0.6) is 0 Å². The SMILES string of the molecule is Cc1ccc(NC(=S)C(=C([O-])c2ccc([N+](=O)[O-])cc2)[n+]2cccc(C)c2)c(C)c1. The third-order valence-corrected chi connectivity index (χ3v) is 4.90. The molecule has 2 aromatic carbocycles. The van der Waals surface area contributed by atoms with Crippen LogP contribution in [-0.2, 0) is 0 Å². The van der Waals surface area contributed by atoms with Gasteiger partial charge in [-0.05, 0) is 61.9 Å². The van der Waals surface area contributed by atoms with Crippen LogP contribution in [-0.4, -0.2) is 9.91 Å². The van der Waals surface area contributed by atoms with Gasteiger partial charge in [0.05, 0.1) is 4.92 Å². The first-order valence-electron chi connectivity index (χ1n) is 9.29. The van der Waals surface area contributed by atoms with Crippen LogP contribution < -0.4 is 15.0 Å². The van der Waals surface area contributed by atoms with E-state index in [0.29, 0.717) is 5.56 Å². The highest BCUT2D eigenvalue weighted by Gasteiger charge is 2.20. The molecule has 0 saturated heterocycles. The Morgan fingerprint density at radius 3 is 2.33 bits per heavy atom.